The van der Waals surface area contributed by atoms with Crippen LogP contribution in [0, 0.1) is 0 Å². The number of fused-ring (bicyclic) bond motifs is 1. The molecule has 5 heteroatoms. The van der Waals surface area contributed by atoms with Crippen LogP contribution in [0.25, 0.3) is 10.9 Å². The molecule has 5 nitrogen and oxygen atoms in total. The molecule has 0 amide bonds. The van der Waals surface area contributed by atoms with Crippen molar-refractivity contribution in [3.63, 3.8) is 0 Å². The summed E-state index contributed by atoms with van der Waals surface area (Å²) in [4.78, 5) is 10.9. The second kappa shape index (κ2) is 4.45. The molecule has 2 aromatic rings. The van der Waals surface area contributed by atoms with E-state index in [9.17, 15) is 4.79 Å². The Morgan fingerprint density at radius 3 is 2.88 bits per heavy atom. The summed E-state index contributed by atoms with van der Waals surface area (Å²) >= 11 is 0. The lowest BCUT2D eigenvalue weighted by atomic mass is 10.2. The lowest BCUT2D eigenvalue weighted by molar-refractivity contribution is -0.145. The molecule has 0 saturated heterocycles. The highest BCUT2D eigenvalue weighted by Gasteiger charge is 2.20. The number of carbonyl (C=O) groups is 1. The van der Waals surface area contributed by atoms with E-state index in [1.54, 1.807) is 18.7 Å². The summed E-state index contributed by atoms with van der Waals surface area (Å²) in [5.41, 5.74) is 0.919. The number of aryl methyl sites for hydroxylation is 1. The Bertz CT molecular complexity index is 548. The standard InChI is InChI=1S/C12H14N2O3/c1-3-10(12(15)16)17-11-8-6-4-5-7-9(8)14(2)13-11/h4-7,10H,3H2,1-2H3,(H,15,16). The SMILES string of the molecule is CCC(Oc1nn(C)c2ccccc12)C(=O)O. The fourth-order valence-corrected chi connectivity index (χ4v) is 1.71. The van der Waals surface area contributed by atoms with Gasteiger partial charge in [0, 0.05) is 7.05 Å². The number of ether oxygens (including phenoxy) is 1. The Morgan fingerprint density at radius 1 is 1.53 bits per heavy atom. The average molecular weight is 234 g/mol. The predicted octanol–water partition coefficient (Wildman–Crippen LogP) is 1.82. The Balaban J connectivity index is 2.39. The molecule has 0 radical (unpaired) electrons. The van der Waals surface area contributed by atoms with Crippen LogP contribution in [0.3, 0.4) is 0 Å². The molecule has 90 valence electrons. The van der Waals surface area contributed by atoms with Crippen molar-refractivity contribution in [3.8, 4) is 5.88 Å². The van der Waals surface area contributed by atoms with Crippen LogP contribution in [0.15, 0.2) is 24.3 Å². The summed E-state index contributed by atoms with van der Waals surface area (Å²) in [6.45, 7) is 1.77. The van der Waals surface area contributed by atoms with Gasteiger partial charge in [-0.05, 0) is 18.6 Å². The van der Waals surface area contributed by atoms with Gasteiger partial charge in [0.2, 0.25) is 5.88 Å². The van der Waals surface area contributed by atoms with E-state index in [1.165, 1.54) is 0 Å². The van der Waals surface area contributed by atoms with Crippen LogP contribution in [0.4, 0.5) is 0 Å². The van der Waals surface area contributed by atoms with Crippen molar-refractivity contribution in [3.05, 3.63) is 24.3 Å². The Labute approximate surface area is 98.6 Å². The van der Waals surface area contributed by atoms with Crippen molar-refractivity contribution in [2.75, 3.05) is 0 Å². The number of carboxylic acid groups (broad SMARTS) is 1. The molecule has 17 heavy (non-hydrogen) atoms. The van der Waals surface area contributed by atoms with E-state index in [1.807, 2.05) is 24.3 Å². The molecule has 0 fully saturated rings. The Hall–Kier alpha value is -2.04. The number of hydrogen-bond donors (Lipinski definition) is 1. The third-order valence-electron chi connectivity index (χ3n) is 2.62. The molecular weight excluding hydrogens is 220 g/mol. The predicted molar refractivity (Wildman–Crippen MR) is 63.1 cm³/mol. The zero-order valence-corrected chi connectivity index (χ0v) is 9.75. The lowest BCUT2D eigenvalue weighted by Gasteiger charge is -2.10. The van der Waals surface area contributed by atoms with Gasteiger partial charge in [-0.3, -0.25) is 4.68 Å². The zero-order valence-electron chi connectivity index (χ0n) is 9.75. The van der Waals surface area contributed by atoms with E-state index in [0.717, 1.165) is 10.9 Å². The summed E-state index contributed by atoms with van der Waals surface area (Å²) in [7, 11) is 1.80. The maximum Gasteiger partial charge on any atom is 0.344 e. The van der Waals surface area contributed by atoms with Crippen molar-refractivity contribution in [2.24, 2.45) is 7.05 Å². The molecule has 0 aliphatic carbocycles. The number of aromatic nitrogens is 2. The molecule has 0 spiro atoms. The number of aliphatic carboxylic acids is 1. The van der Waals surface area contributed by atoms with Gasteiger partial charge in [0.25, 0.3) is 0 Å². The van der Waals surface area contributed by atoms with Crippen LogP contribution in [0.5, 0.6) is 5.88 Å². The molecule has 1 atom stereocenters. The minimum absolute atomic E-state index is 0.373. The fraction of sp³-hybridized carbons (Fsp3) is 0.333. The van der Waals surface area contributed by atoms with Gasteiger partial charge in [-0.2, -0.15) is 0 Å². The molecular formula is C12H14N2O3. The van der Waals surface area contributed by atoms with E-state index in [4.69, 9.17) is 9.84 Å². The van der Waals surface area contributed by atoms with Gasteiger partial charge in [0.1, 0.15) is 0 Å². The molecule has 0 aliphatic heterocycles. The minimum atomic E-state index is -0.970. The molecule has 1 aromatic carbocycles. The largest absolute Gasteiger partial charge is 0.479 e. The quantitative estimate of drug-likeness (QED) is 0.876. The molecule has 1 N–H and O–H groups in total. The second-order valence-corrected chi connectivity index (χ2v) is 3.80. The smallest absolute Gasteiger partial charge is 0.344 e. The van der Waals surface area contributed by atoms with E-state index >= 15 is 0 Å². The summed E-state index contributed by atoms with van der Waals surface area (Å²) in [6.07, 6.45) is -0.450. The number of nitrogens with zero attached hydrogens (tertiary/aromatic N) is 2. The van der Waals surface area contributed by atoms with Crippen LogP contribution in [0.2, 0.25) is 0 Å². The van der Waals surface area contributed by atoms with Crippen LogP contribution in [0.1, 0.15) is 13.3 Å². The van der Waals surface area contributed by atoms with Crippen molar-refractivity contribution < 1.29 is 14.6 Å². The highest BCUT2D eigenvalue weighted by Crippen LogP contribution is 2.25. The van der Waals surface area contributed by atoms with E-state index < -0.39 is 12.1 Å². The highest BCUT2D eigenvalue weighted by molar-refractivity contribution is 5.85. The van der Waals surface area contributed by atoms with Gasteiger partial charge < -0.3 is 9.84 Å². The molecule has 1 aromatic heterocycles. The van der Waals surface area contributed by atoms with Gasteiger partial charge in [0.15, 0.2) is 6.10 Å². The number of rotatable bonds is 4. The second-order valence-electron chi connectivity index (χ2n) is 3.80. The first-order valence-corrected chi connectivity index (χ1v) is 5.44. The number of benzene rings is 1. The lowest BCUT2D eigenvalue weighted by Crippen LogP contribution is -2.26. The topological polar surface area (TPSA) is 64.4 Å². The summed E-state index contributed by atoms with van der Waals surface area (Å²) < 4.78 is 7.11. The minimum Gasteiger partial charge on any atom is -0.479 e. The molecule has 0 aliphatic rings. The summed E-state index contributed by atoms with van der Waals surface area (Å²) in [6, 6.07) is 7.56. The highest BCUT2D eigenvalue weighted by atomic mass is 16.5. The third-order valence-corrected chi connectivity index (χ3v) is 2.62. The van der Waals surface area contributed by atoms with E-state index in [2.05, 4.69) is 5.10 Å². The van der Waals surface area contributed by atoms with Crippen LogP contribution in [-0.2, 0) is 11.8 Å². The Morgan fingerprint density at radius 2 is 2.24 bits per heavy atom. The molecule has 1 heterocycles. The first-order valence-electron chi connectivity index (χ1n) is 5.44. The normalized spacial score (nSPS) is 12.6. The van der Waals surface area contributed by atoms with Gasteiger partial charge in [-0.1, -0.05) is 19.1 Å². The number of carboxylic acids is 1. The zero-order chi connectivity index (χ0) is 12.4. The van der Waals surface area contributed by atoms with Gasteiger partial charge >= 0.3 is 5.97 Å². The number of para-hydroxylation sites is 1. The molecule has 1 unspecified atom stereocenters. The van der Waals surface area contributed by atoms with E-state index in [0.29, 0.717) is 12.3 Å². The van der Waals surface area contributed by atoms with Crippen molar-refractivity contribution in [1.82, 2.24) is 9.78 Å². The van der Waals surface area contributed by atoms with Crippen LogP contribution in [-0.4, -0.2) is 27.0 Å². The van der Waals surface area contributed by atoms with Crippen LogP contribution < -0.4 is 4.74 Å². The van der Waals surface area contributed by atoms with Crippen molar-refractivity contribution in [1.29, 1.82) is 0 Å². The fourth-order valence-electron chi connectivity index (χ4n) is 1.71. The summed E-state index contributed by atoms with van der Waals surface area (Å²) in [5, 5.41) is 14.0. The number of hydrogen-bond acceptors (Lipinski definition) is 3. The first kappa shape index (κ1) is 11.4. The van der Waals surface area contributed by atoms with Crippen LogP contribution >= 0.6 is 0 Å². The van der Waals surface area contributed by atoms with Crippen molar-refractivity contribution >= 4 is 16.9 Å². The monoisotopic (exact) mass is 234 g/mol. The average Bonchev–Trinajstić information content (AvgIpc) is 2.63. The molecule has 2 rings (SSSR count). The molecule has 0 bridgehead atoms. The van der Waals surface area contributed by atoms with Gasteiger partial charge in [-0.25, -0.2) is 4.79 Å². The molecule has 0 saturated carbocycles. The van der Waals surface area contributed by atoms with E-state index in [-0.39, 0.29) is 0 Å². The summed E-state index contributed by atoms with van der Waals surface area (Å²) in [5.74, 6) is -0.598. The van der Waals surface area contributed by atoms with Gasteiger partial charge in [-0.15, -0.1) is 5.10 Å². The van der Waals surface area contributed by atoms with Crippen molar-refractivity contribution in [2.45, 2.75) is 19.4 Å². The Kier molecular flexibility index (Phi) is 2.99. The maximum atomic E-state index is 10.9. The maximum absolute atomic E-state index is 10.9. The first-order chi connectivity index (χ1) is 8.13. The van der Waals surface area contributed by atoms with Gasteiger partial charge in [0.05, 0.1) is 10.9 Å². The third kappa shape index (κ3) is 2.08.